The predicted molar refractivity (Wildman–Crippen MR) is 109 cm³/mol. The molecule has 134 valence electrons. The first-order chi connectivity index (χ1) is 12.5. The molecule has 3 N–H and O–H groups in total. The average molecular weight is 388 g/mol. The van der Waals surface area contributed by atoms with Gasteiger partial charge in [-0.15, -0.1) is 0 Å². The van der Waals surface area contributed by atoms with Crippen molar-refractivity contribution in [2.45, 2.75) is 6.92 Å². The molecular weight excluding hydrogens is 370 g/mol. The Kier molecular flexibility index (Phi) is 7.32. The molecule has 0 aliphatic heterocycles. The van der Waals surface area contributed by atoms with E-state index in [9.17, 15) is 9.59 Å². The molecule has 5 nitrogen and oxygen atoms in total. The van der Waals surface area contributed by atoms with Gasteiger partial charge in [-0.1, -0.05) is 41.9 Å². The third-order valence-electron chi connectivity index (χ3n) is 3.31. The van der Waals surface area contributed by atoms with Crippen LogP contribution in [0, 0.1) is 0 Å². The Morgan fingerprint density at radius 3 is 2.54 bits per heavy atom. The molecule has 0 heterocycles. The highest BCUT2D eigenvalue weighted by atomic mass is 35.5. The van der Waals surface area contributed by atoms with Crippen molar-refractivity contribution in [2.75, 3.05) is 11.9 Å². The monoisotopic (exact) mass is 387 g/mol. The van der Waals surface area contributed by atoms with Crippen LogP contribution in [0.2, 0.25) is 5.02 Å². The van der Waals surface area contributed by atoms with E-state index >= 15 is 0 Å². The standard InChI is InChI=1S/C19H18ClN3O2S/c1-2-21-18(25)14-8-4-6-10-16(14)22-19(26)23-17(24)12-11-13-7-3-5-9-15(13)20/h3-12H,2H2,1H3,(H,21,25)(H2,22,23,24,26). The maximum absolute atomic E-state index is 12.1. The lowest BCUT2D eigenvalue weighted by Crippen LogP contribution is -2.34. The van der Waals surface area contributed by atoms with Gasteiger partial charge in [-0.2, -0.15) is 0 Å². The number of hydrogen-bond donors (Lipinski definition) is 3. The molecule has 0 aliphatic carbocycles. The summed E-state index contributed by atoms with van der Waals surface area (Å²) in [7, 11) is 0. The maximum Gasteiger partial charge on any atom is 0.253 e. The molecule has 26 heavy (non-hydrogen) atoms. The van der Waals surface area contributed by atoms with E-state index < -0.39 is 5.91 Å². The van der Waals surface area contributed by atoms with E-state index in [0.29, 0.717) is 22.8 Å². The Hall–Kier alpha value is -2.70. The minimum absolute atomic E-state index is 0.0931. The van der Waals surface area contributed by atoms with Gasteiger partial charge in [0.05, 0.1) is 11.3 Å². The molecule has 0 bridgehead atoms. The number of hydrogen-bond acceptors (Lipinski definition) is 3. The quantitative estimate of drug-likeness (QED) is 0.541. The van der Waals surface area contributed by atoms with Crippen LogP contribution in [-0.4, -0.2) is 23.5 Å². The van der Waals surface area contributed by atoms with Crippen LogP contribution in [0.1, 0.15) is 22.8 Å². The second kappa shape index (κ2) is 9.70. The first kappa shape index (κ1) is 19.6. The second-order valence-corrected chi connectivity index (χ2v) is 6.02. The number of thiocarbonyl (C=S) groups is 1. The van der Waals surface area contributed by atoms with Crippen LogP contribution in [-0.2, 0) is 4.79 Å². The summed E-state index contributed by atoms with van der Waals surface area (Å²) in [6.45, 7) is 2.35. The number of halogens is 1. The highest BCUT2D eigenvalue weighted by molar-refractivity contribution is 7.80. The number of carbonyl (C=O) groups is 2. The predicted octanol–water partition coefficient (Wildman–Crippen LogP) is 3.62. The SMILES string of the molecule is CCNC(=O)c1ccccc1NC(=S)NC(=O)C=Cc1ccccc1Cl. The molecule has 2 amide bonds. The lowest BCUT2D eigenvalue weighted by molar-refractivity contribution is -0.115. The zero-order valence-electron chi connectivity index (χ0n) is 14.1. The van der Waals surface area contributed by atoms with Crippen LogP contribution in [0.15, 0.2) is 54.6 Å². The second-order valence-electron chi connectivity index (χ2n) is 5.20. The fourth-order valence-corrected chi connectivity index (χ4v) is 2.54. The van der Waals surface area contributed by atoms with Crippen LogP contribution in [0.5, 0.6) is 0 Å². The highest BCUT2D eigenvalue weighted by Gasteiger charge is 2.11. The van der Waals surface area contributed by atoms with Gasteiger partial charge in [0.15, 0.2) is 5.11 Å². The number of nitrogens with one attached hydrogen (secondary N) is 3. The van der Waals surface area contributed by atoms with Crippen molar-refractivity contribution in [1.82, 2.24) is 10.6 Å². The summed E-state index contributed by atoms with van der Waals surface area (Å²) in [5.74, 6) is -0.624. The Labute approximate surface area is 162 Å². The molecule has 0 unspecified atom stereocenters. The van der Waals surface area contributed by atoms with Crippen molar-refractivity contribution in [3.05, 3.63) is 70.8 Å². The van der Waals surface area contributed by atoms with Gasteiger partial charge in [0, 0.05) is 17.6 Å². The molecule has 0 saturated carbocycles. The number of anilines is 1. The van der Waals surface area contributed by atoms with Crippen LogP contribution in [0.4, 0.5) is 5.69 Å². The number of benzene rings is 2. The van der Waals surface area contributed by atoms with Crippen LogP contribution in [0.25, 0.3) is 6.08 Å². The van der Waals surface area contributed by atoms with Crippen molar-refractivity contribution >= 4 is 52.5 Å². The summed E-state index contributed by atoms with van der Waals surface area (Å²) in [5.41, 5.74) is 1.68. The van der Waals surface area contributed by atoms with Gasteiger partial charge in [-0.25, -0.2) is 0 Å². The fraction of sp³-hybridized carbons (Fsp3) is 0.105. The zero-order valence-corrected chi connectivity index (χ0v) is 15.7. The van der Waals surface area contributed by atoms with Crippen LogP contribution < -0.4 is 16.0 Å². The molecule has 0 fully saturated rings. The number of amides is 2. The summed E-state index contributed by atoms with van der Waals surface area (Å²) >= 11 is 11.2. The Morgan fingerprint density at radius 1 is 1.12 bits per heavy atom. The van der Waals surface area contributed by atoms with E-state index in [1.54, 1.807) is 42.5 Å². The van der Waals surface area contributed by atoms with E-state index in [-0.39, 0.29) is 11.0 Å². The Morgan fingerprint density at radius 2 is 1.81 bits per heavy atom. The van der Waals surface area contributed by atoms with Gasteiger partial charge >= 0.3 is 0 Å². The van der Waals surface area contributed by atoms with E-state index in [2.05, 4.69) is 16.0 Å². The van der Waals surface area contributed by atoms with Crippen molar-refractivity contribution in [2.24, 2.45) is 0 Å². The minimum atomic E-state index is -0.405. The van der Waals surface area contributed by atoms with Gasteiger partial charge < -0.3 is 10.6 Å². The summed E-state index contributed by atoms with van der Waals surface area (Å²) < 4.78 is 0. The van der Waals surface area contributed by atoms with Crippen molar-refractivity contribution < 1.29 is 9.59 Å². The summed E-state index contributed by atoms with van der Waals surface area (Å²) in [6, 6.07) is 14.1. The third-order valence-corrected chi connectivity index (χ3v) is 3.86. The van der Waals surface area contributed by atoms with Crippen molar-refractivity contribution in [3.63, 3.8) is 0 Å². The number of para-hydroxylation sites is 1. The van der Waals surface area contributed by atoms with Gasteiger partial charge in [0.25, 0.3) is 5.91 Å². The molecule has 2 rings (SSSR count). The smallest absolute Gasteiger partial charge is 0.253 e. The largest absolute Gasteiger partial charge is 0.352 e. The van der Waals surface area contributed by atoms with Crippen molar-refractivity contribution in [3.8, 4) is 0 Å². The van der Waals surface area contributed by atoms with Gasteiger partial charge in [0.2, 0.25) is 5.91 Å². The van der Waals surface area contributed by atoms with Crippen LogP contribution in [0.3, 0.4) is 0 Å². The van der Waals surface area contributed by atoms with E-state index in [4.69, 9.17) is 23.8 Å². The third kappa shape index (κ3) is 5.68. The van der Waals surface area contributed by atoms with Gasteiger partial charge in [-0.3, -0.25) is 14.9 Å². The minimum Gasteiger partial charge on any atom is -0.352 e. The van der Waals surface area contributed by atoms with Gasteiger partial charge in [0.1, 0.15) is 0 Å². The maximum atomic E-state index is 12.1. The molecule has 0 saturated heterocycles. The number of carbonyl (C=O) groups excluding carboxylic acids is 2. The first-order valence-electron chi connectivity index (χ1n) is 7.93. The van der Waals surface area contributed by atoms with E-state index in [0.717, 1.165) is 5.56 Å². The molecular formula is C19H18ClN3O2S. The summed E-state index contributed by atoms with van der Waals surface area (Å²) in [6.07, 6.45) is 2.94. The lowest BCUT2D eigenvalue weighted by atomic mass is 10.1. The van der Waals surface area contributed by atoms with Crippen molar-refractivity contribution in [1.29, 1.82) is 0 Å². The molecule has 2 aromatic carbocycles. The molecule has 7 heteroatoms. The molecule has 0 spiro atoms. The summed E-state index contributed by atoms with van der Waals surface area (Å²) in [4.78, 5) is 24.1. The highest BCUT2D eigenvalue weighted by Crippen LogP contribution is 2.16. The van der Waals surface area contributed by atoms with Gasteiger partial charge in [-0.05, 0) is 49.0 Å². The number of rotatable bonds is 5. The normalized spacial score (nSPS) is 10.4. The molecule has 0 atom stereocenters. The Bertz CT molecular complexity index is 852. The molecule has 0 aliphatic rings. The van der Waals surface area contributed by atoms with E-state index in [1.165, 1.54) is 6.08 Å². The van der Waals surface area contributed by atoms with Crippen LogP contribution >= 0.6 is 23.8 Å². The Balaban J connectivity index is 2.00. The lowest BCUT2D eigenvalue weighted by Gasteiger charge is -2.12. The van der Waals surface area contributed by atoms with E-state index in [1.807, 2.05) is 19.1 Å². The average Bonchev–Trinajstić information content (AvgIpc) is 2.61. The molecule has 0 aromatic heterocycles. The zero-order chi connectivity index (χ0) is 18.9. The topological polar surface area (TPSA) is 70.2 Å². The summed E-state index contributed by atoms with van der Waals surface area (Å²) in [5, 5.41) is 8.77. The molecule has 0 radical (unpaired) electrons. The first-order valence-corrected chi connectivity index (χ1v) is 8.71. The molecule has 2 aromatic rings. The fourth-order valence-electron chi connectivity index (χ4n) is 2.13.